The van der Waals surface area contributed by atoms with Gasteiger partial charge >= 0.3 is 0 Å². The monoisotopic (exact) mass is 405 g/mol. The Morgan fingerprint density at radius 2 is 1.73 bits per heavy atom. The molecule has 0 saturated carbocycles. The Morgan fingerprint density at radius 3 is 2.30 bits per heavy atom. The fraction of sp³-hybridized carbons (Fsp3) is 0.500. The van der Waals surface area contributed by atoms with Gasteiger partial charge in [-0.3, -0.25) is 10.1 Å². The Hall–Kier alpha value is -2.17. The van der Waals surface area contributed by atoms with Gasteiger partial charge in [-0.1, -0.05) is 55.8 Å². The summed E-state index contributed by atoms with van der Waals surface area (Å²) in [6, 6.07) is 17.2. The molecule has 2 aliphatic heterocycles. The Morgan fingerprint density at radius 1 is 1.07 bits per heavy atom. The highest BCUT2D eigenvalue weighted by molar-refractivity contribution is 5.94. The Kier molecular flexibility index (Phi) is 6.26. The summed E-state index contributed by atoms with van der Waals surface area (Å²) in [5, 5.41) is 7.04. The number of hydrogen-bond donors (Lipinski definition) is 2. The van der Waals surface area contributed by atoms with Crippen molar-refractivity contribution in [2.24, 2.45) is 11.8 Å². The lowest BCUT2D eigenvalue weighted by molar-refractivity contribution is 0.0690. The first-order chi connectivity index (χ1) is 14.5. The number of benzene rings is 2. The third kappa shape index (κ3) is 4.30. The van der Waals surface area contributed by atoms with Crippen LogP contribution in [0.5, 0.6) is 0 Å². The van der Waals surface area contributed by atoms with Crippen LogP contribution >= 0.6 is 0 Å². The molecule has 160 valence electrons. The van der Waals surface area contributed by atoms with Crippen molar-refractivity contribution in [3.05, 3.63) is 70.8 Å². The van der Waals surface area contributed by atoms with E-state index in [2.05, 4.69) is 67.8 Å². The van der Waals surface area contributed by atoms with Gasteiger partial charge in [-0.2, -0.15) is 0 Å². The highest BCUT2D eigenvalue weighted by atomic mass is 16.2. The van der Waals surface area contributed by atoms with Crippen molar-refractivity contribution in [3.8, 4) is 0 Å². The summed E-state index contributed by atoms with van der Waals surface area (Å²) in [5.41, 5.74) is 4.74. The van der Waals surface area contributed by atoms with Crippen molar-refractivity contribution in [2.75, 3.05) is 26.3 Å². The van der Waals surface area contributed by atoms with Crippen molar-refractivity contribution < 1.29 is 4.79 Å². The normalized spacial score (nSPS) is 22.6. The minimum atomic E-state index is -0.0457. The lowest BCUT2D eigenvalue weighted by Gasteiger charge is -2.34. The number of nitrogens with one attached hydrogen (secondary N) is 2. The fourth-order valence-corrected chi connectivity index (χ4v) is 4.98. The van der Waals surface area contributed by atoms with Crippen LogP contribution in [0.4, 0.5) is 0 Å². The SMILES string of the molecule is Cc1ccc(CC2CCN(C(=O)c3ccc(C4(C(C)C)CNCN4)cc3)CC2)cc1. The van der Waals surface area contributed by atoms with Crippen LogP contribution in [-0.2, 0) is 12.0 Å². The summed E-state index contributed by atoms with van der Waals surface area (Å²) in [7, 11) is 0. The molecular weight excluding hydrogens is 370 g/mol. The van der Waals surface area contributed by atoms with Crippen LogP contribution in [0.3, 0.4) is 0 Å². The predicted molar refractivity (Wildman–Crippen MR) is 122 cm³/mol. The van der Waals surface area contributed by atoms with Gasteiger partial charge in [-0.15, -0.1) is 0 Å². The van der Waals surface area contributed by atoms with Crippen molar-refractivity contribution in [1.82, 2.24) is 15.5 Å². The van der Waals surface area contributed by atoms with Gasteiger partial charge < -0.3 is 10.2 Å². The van der Waals surface area contributed by atoms with Crippen LogP contribution in [-0.4, -0.2) is 37.1 Å². The zero-order valence-electron chi connectivity index (χ0n) is 18.6. The van der Waals surface area contributed by atoms with Crippen molar-refractivity contribution >= 4 is 5.91 Å². The summed E-state index contributed by atoms with van der Waals surface area (Å²) >= 11 is 0. The van der Waals surface area contributed by atoms with E-state index in [1.165, 1.54) is 16.7 Å². The molecule has 2 N–H and O–H groups in total. The second-order valence-corrected chi connectivity index (χ2v) is 9.41. The number of aryl methyl sites for hydroxylation is 1. The predicted octanol–water partition coefficient (Wildman–Crippen LogP) is 4.09. The number of piperidine rings is 1. The number of carbonyl (C=O) groups excluding carboxylic acids is 1. The summed E-state index contributed by atoms with van der Waals surface area (Å²) in [5.74, 6) is 1.32. The fourth-order valence-electron chi connectivity index (χ4n) is 4.98. The molecule has 2 fully saturated rings. The molecule has 4 rings (SSSR count). The molecule has 2 aromatic rings. The second-order valence-electron chi connectivity index (χ2n) is 9.41. The molecule has 4 nitrogen and oxygen atoms in total. The van der Waals surface area contributed by atoms with Crippen LogP contribution in [0, 0.1) is 18.8 Å². The van der Waals surface area contributed by atoms with Gasteiger partial charge in [0.15, 0.2) is 0 Å². The van der Waals surface area contributed by atoms with Gasteiger partial charge in [0.05, 0.1) is 5.54 Å². The first-order valence-corrected chi connectivity index (χ1v) is 11.4. The Bertz CT molecular complexity index is 843. The molecule has 30 heavy (non-hydrogen) atoms. The summed E-state index contributed by atoms with van der Waals surface area (Å²) in [4.78, 5) is 15.1. The highest BCUT2D eigenvalue weighted by Crippen LogP contribution is 2.31. The number of hydrogen-bond acceptors (Lipinski definition) is 3. The minimum absolute atomic E-state index is 0.0457. The molecule has 2 saturated heterocycles. The molecule has 0 aliphatic carbocycles. The van der Waals surface area contributed by atoms with Crippen molar-refractivity contribution in [1.29, 1.82) is 0 Å². The van der Waals surface area contributed by atoms with Gasteiger partial charge in [0, 0.05) is 31.9 Å². The molecule has 0 aromatic heterocycles. The van der Waals surface area contributed by atoms with Crippen molar-refractivity contribution in [2.45, 2.75) is 45.6 Å². The minimum Gasteiger partial charge on any atom is -0.339 e. The number of nitrogens with zero attached hydrogens (tertiary/aromatic N) is 1. The molecule has 2 aromatic carbocycles. The van der Waals surface area contributed by atoms with Crippen LogP contribution in [0.25, 0.3) is 0 Å². The molecule has 0 radical (unpaired) electrons. The largest absolute Gasteiger partial charge is 0.339 e. The quantitative estimate of drug-likeness (QED) is 0.787. The highest BCUT2D eigenvalue weighted by Gasteiger charge is 2.38. The number of rotatable bonds is 5. The molecule has 2 heterocycles. The first kappa shape index (κ1) is 21.1. The summed E-state index contributed by atoms with van der Waals surface area (Å²) < 4.78 is 0. The Balaban J connectivity index is 1.35. The van der Waals surface area contributed by atoms with Crippen LogP contribution in [0.1, 0.15) is 53.7 Å². The van der Waals surface area contributed by atoms with E-state index in [-0.39, 0.29) is 11.4 Å². The third-order valence-electron chi connectivity index (χ3n) is 7.11. The third-order valence-corrected chi connectivity index (χ3v) is 7.11. The summed E-state index contributed by atoms with van der Waals surface area (Å²) in [6.45, 7) is 10.1. The standard InChI is InChI=1S/C26H35N3O/c1-19(2)26(17-27-18-28-26)24-10-8-23(9-11-24)25(30)29-14-12-22(13-15-29)16-21-6-4-20(3)5-7-21/h4-11,19,22,27-28H,12-18H2,1-3H3. The molecule has 2 aliphatic rings. The maximum absolute atomic E-state index is 13.0. The van der Waals surface area contributed by atoms with Gasteiger partial charge in [-0.05, 0) is 61.3 Å². The number of likely N-dealkylation sites (tertiary alicyclic amines) is 1. The average Bonchev–Trinajstić information content (AvgIpc) is 3.27. The van der Waals surface area contributed by atoms with Crippen LogP contribution in [0.15, 0.2) is 48.5 Å². The van der Waals surface area contributed by atoms with E-state index in [4.69, 9.17) is 0 Å². The van der Waals surface area contributed by atoms with Gasteiger partial charge in [-0.25, -0.2) is 0 Å². The molecular formula is C26H35N3O. The van der Waals surface area contributed by atoms with E-state index < -0.39 is 0 Å². The van der Waals surface area contributed by atoms with E-state index >= 15 is 0 Å². The first-order valence-electron chi connectivity index (χ1n) is 11.4. The topological polar surface area (TPSA) is 44.4 Å². The smallest absolute Gasteiger partial charge is 0.253 e. The van der Waals surface area contributed by atoms with E-state index in [9.17, 15) is 4.79 Å². The molecule has 1 amide bonds. The van der Waals surface area contributed by atoms with Gasteiger partial charge in [0.1, 0.15) is 0 Å². The lowest BCUT2D eigenvalue weighted by atomic mass is 9.80. The van der Waals surface area contributed by atoms with E-state index in [1.807, 2.05) is 17.0 Å². The molecule has 1 atom stereocenters. The average molecular weight is 406 g/mol. The van der Waals surface area contributed by atoms with Crippen molar-refractivity contribution in [3.63, 3.8) is 0 Å². The number of carbonyl (C=O) groups is 1. The van der Waals surface area contributed by atoms with E-state index in [0.29, 0.717) is 11.8 Å². The zero-order valence-corrected chi connectivity index (χ0v) is 18.6. The maximum atomic E-state index is 13.0. The van der Waals surface area contributed by atoms with Crippen LogP contribution in [0.2, 0.25) is 0 Å². The van der Waals surface area contributed by atoms with Crippen LogP contribution < -0.4 is 10.6 Å². The van der Waals surface area contributed by atoms with Gasteiger partial charge in [0.2, 0.25) is 0 Å². The summed E-state index contributed by atoms with van der Waals surface area (Å²) in [6.07, 6.45) is 3.29. The molecule has 4 heteroatoms. The zero-order chi connectivity index (χ0) is 21.1. The van der Waals surface area contributed by atoms with Gasteiger partial charge in [0.25, 0.3) is 5.91 Å². The maximum Gasteiger partial charge on any atom is 0.253 e. The Labute approximate surface area is 181 Å². The molecule has 0 spiro atoms. The molecule has 1 unspecified atom stereocenters. The number of amides is 1. The van der Waals surface area contributed by atoms with E-state index in [0.717, 1.165) is 51.1 Å². The second kappa shape index (κ2) is 8.91. The van der Waals surface area contributed by atoms with E-state index in [1.54, 1.807) is 0 Å². The lowest BCUT2D eigenvalue weighted by Crippen LogP contribution is -2.44. The molecule has 0 bridgehead atoms.